The van der Waals surface area contributed by atoms with Gasteiger partial charge in [-0.25, -0.2) is 9.97 Å². The van der Waals surface area contributed by atoms with Gasteiger partial charge in [0.25, 0.3) is 0 Å². The SMILES string of the molecule is CN(C)C(=O)CN1CCN(c2nc(/C=C/c3ccccc3)nc3sc4c(c23)CCCC4)CC1. The lowest BCUT2D eigenvalue weighted by atomic mass is 9.97. The van der Waals surface area contributed by atoms with Crippen molar-refractivity contribution in [1.82, 2.24) is 19.8 Å². The normalized spacial score (nSPS) is 17.0. The van der Waals surface area contributed by atoms with Crippen LogP contribution in [0.2, 0.25) is 0 Å². The molecule has 0 spiro atoms. The quantitative estimate of drug-likeness (QED) is 0.576. The summed E-state index contributed by atoms with van der Waals surface area (Å²) in [4.78, 5) is 31.1. The van der Waals surface area contributed by atoms with Gasteiger partial charge in [0, 0.05) is 45.2 Å². The van der Waals surface area contributed by atoms with E-state index < -0.39 is 0 Å². The zero-order valence-electron chi connectivity index (χ0n) is 19.5. The zero-order valence-corrected chi connectivity index (χ0v) is 20.3. The number of benzene rings is 1. The Bertz CT molecular complexity index is 1160. The number of fused-ring (bicyclic) bond motifs is 3. The van der Waals surface area contributed by atoms with E-state index in [2.05, 4.69) is 28.0 Å². The van der Waals surface area contributed by atoms with E-state index in [-0.39, 0.29) is 5.91 Å². The smallest absolute Gasteiger partial charge is 0.236 e. The van der Waals surface area contributed by atoms with Crippen molar-refractivity contribution in [1.29, 1.82) is 0 Å². The molecular weight excluding hydrogens is 430 g/mol. The molecule has 0 N–H and O–H groups in total. The Kier molecular flexibility index (Phi) is 6.42. The van der Waals surface area contributed by atoms with E-state index >= 15 is 0 Å². The molecule has 0 bridgehead atoms. The van der Waals surface area contributed by atoms with Crippen LogP contribution in [-0.4, -0.2) is 72.5 Å². The highest BCUT2D eigenvalue weighted by Crippen LogP contribution is 2.40. The monoisotopic (exact) mass is 461 g/mol. The topological polar surface area (TPSA) is 52.6 Å². The summed E-state index contributed by atoms with van der Waals surface area (Å²) in [6.45, 7) is 3.97. The third-order valence-corrected chi connectivity index (χ3v) is 7.75. The van der Waals surface area contributed by atoms with Gasteiger partial charge in [-0.05, 0) is 42.9 Å². The van der Waals surface area contributed by atoms with E-state index in [9.17, 15) is 4.79 Å². The molecule has 0 saturated carbocycles. The first-order valence-electron chi connectivity index (χ1n) is 11.8. The molecule has 1 aliphatic heterocycles. The molecule has 3 heterocycles. The summed E-state index contributed by atoms with van der Waals surface area (Å²) in [7, 11) is 3.64. The maximum absolute atomic E-state index is 12.1. The fourth-order valence-electron chi connectivity index (χ4n) is 4.64. The number of amides is 1. The number of hydrogen-bond acceptors (Lipinski definition) is 6. The molecule has 1 fully saturated rings. The van der Waals surface area contributed by atoms with Crippen LogP contribution in [0.5, 0.6) is 0 Å². The average Bonchev–Trinajstić information content (AvgIpc) is 3.22. The highest BCUT2D eigenvalue weighted by atomic mass is 32.1. The second-order valence-corrected chi connectivity index (χ2v) is 10.2. The lowest BCUT2D eigenvalue weighted by molar-refractivity contribution is -0.129. The fourth-order valence-corrected chi connectivity index (χ4v) is 5.91. The highest BCUT2D eigenvalue weighted by Gasteiger charge is 2.26. The lowest BCUT2D eigenvalue weighted by Crippen LogP contribution is -2.49. The molecule has 3 aromatic rings. The van der Waals surface area contributed by atoms with Gasteiger partial charge in [-0.15, -0.1) is 11.3 Å². The lowest BCUT2D eigenvalue weighted by Gasteiger charge is -2.36. The number of rotatable bonds is 5. The maximum atomic E-state index is 12.1. The molecule has 2 aliphatic rings. The van der Waals surface area contributed by atoms with Gasteiger partial charge in [0.15, 0.2) is 5.82 Å². The van der Waals surface area contributed by atoms with Crippen molar-refractivity contribution in [2.75, 3.05) is 51.7 Å². The molecule has 0 unspecified atom stereocenters. The van der Waals surface area contributed by atoms with Crippen LogP contribution in [0.3, 0.4) is 0 Å². The summed E-state index contributed by atoms with van der Waals surface area (Å²) in [6, 6.07) is 10.3. The summed E-state index contributed by atoms with van der Waals surface area (Å²) >= 11 is 1.85. The first kappa shape index (κ1) is 22.0. The van der Waals surface area contributed by atoms with Gasteiger partial charge < -0.3 is 9.80 Å². The van der Waals surface area contributed by atoms with Crippen LogP contribution in [0.15, 0.2) is 30.3 Å². The van der Waals surface area contributed by atoms with E-state index in [1.165, 1.54) is 28.7 Å². The summed E-state index contributed by atoms with van der Waals surface area (Å²) in [5.74, 6) is 2.00. The van der Waals surface area contributed by atoms with E-state index in [0.29, 0.717) is 6.54 Å². The predicted octanol–water partition coefficient (Wildman–Crippen LogP) is 3.95. The molecule has 6 nitrogen and oxygen atoms in total. The van der Waals surface area contributed by atoms with Crippen LogP contribution >= 0.6 is 11.3 Å². The van der Waals surface area contributed by atoms with Gasteiger partial charge in [0.05, 0.1) is 11.9 Å². The Labute approximate surface area is 199 Å². The second kappa shape index (κ2) is 9.61. The van der Waals surface area contributed by atoms with Crippen molar-refractivity contribution in [3.63, 3.8) is 0 Å². The van der Waals surface area contributed by atoms with E-state index in [1.54, 1.807) is 4.90 Å². The molecule has 2 aromatic heterocycles. The first-order chi connectivity index (χ1) is 16.1. The molecular formula is C26H31N5OS. The summed E-state index contributed by atoms with van der Waals surface area (Å²) in [5.41, 5.74) is 2.62. The van der Waals surface area contributed by atoms with Crippen molar-refractivity contribution in [2.24, 2.45) is 0 Å². The molecule has 7 heteroatoms. The van der Waals surface area contributed by atoms with Crippen molar-refractivity contribution in [2.45, 2.75) is 25.7 Å². The van der Waals surface area contributed by atoms with Gasteiger partial charge in [-0.1, -0.05) is 36.4 Å². The largest absolute Gasteiger partial charge is 0.353 e. The molecule has 1 saturated heterocycles. The van der Waals surface area contributed by atoms with Crippen LogP contribution in [0.1, 0.15) is 34.7 Å². The minimum absolute atomic E-state index is 0.160. The molecule has 1 aliphatic carbocycles. The number of likely N-dealkylation sites (N-methyl/N-ethyl adjacent to an activating group) is 1. The zero-order chi connectivity index (χ0) is 22.8. The molecule has 172 valence electrons. The van der Waals surface area contributed by atoms with E-state index in [4.69, 9.17) is 9.97 Å². The molecule has 0 radical (unpaired) electrons. The second-order valence-electron chi connectivity index (χ2n) is 9.09. The van der Waals surface area contributed by atoms with Gasteiger partial charge in [0.1, 0.15) is 10.6 Å². The Morgan fingerprint density at radius 1 is 1.03 bits per heavy atom. The molecule has 1 amide bonds. The fraction of sp³-hybridized carbons (Fsp3) is 0.423. The summed E-state index contributed by atoms with van der Waals surface area (Å²) in [6.07, 6.45) is 8.91. The predicted molar refractivity (Wildman–Crippen MR) is 137 cm³/mol. The van der Waals surface area contributed by atoms with E-state index in [1.807, 2.05) is 49.7 Å². The van der Waals surface area contributed by atoms with Crippen LogP contribution in [-0.2, 0) is 17.6 Å². The molecule has 1 aromatic carbocycles. The number of carbonyl (C=O) groups is 1. The molecule has 33 heavy (non-hydrogen) atoms. The number of thiophene rings is 1. The first-order valence-corrected chi connectivity index (χ1v) is 12.6. The van der Waals surface area contributed by atoms with Gasteiger partial charge >= 0.3 is 0 Å². The average molecular weight is 462 g/mol. The number of aromatic nitrogens is 2. The minimum Gasteiger partial charge on any atom is -0.353 e. The van der Waals surface area contributed by atoms with Crippen LogP contribution in [0.4, 0.5) is 5.82 Å². The van der Waals surface area contributed by atoms with Gasteiger partial charge in [0.2, 0.25) is 5.91 Å². The van der Waals surface area contributed by atoms with Crippen molar-refractivity contribution in [3.05, 3.63) is 52.2 Å². The van der Waals surface area contributed by atoms with Crippen molar-refractivity contribution in [3.8, 4) is 0 Å². The number of aryl methyl sites for hydroxylation is 2. The van der Waals surface area contributed by atoms with Crippen molar-refractivity contribution < 1.29 is 4.79 Å². The van der Waals surface area contributed by atoms with Gasteiger partial charge in [-0.3, -0.25) is 9.69 Å². The third kappa shape index (κ3) is 4.80. The third-order valence-electron chi connectivity index (χ3n) is 6.57. The van der Waals surface area contributed by atoms with Crippen molar-refractivity contribution >= 4 is 45.4 Å². The summed E-state index contributed by atoms with van der Waals surface area (Å²) < 4.78 is 0. The highest BCUT2D eigenvalue weighted by molar-refractivity contribution is 7.19. The Morgan fingerprint density at radius 2 is 1.79 bits per heavy atom. The number of carbonyl (C=O) groups excluding carboxylic acids is 1. The van der Waals surface area contributed by atoms with Crippen LogP contribution < -0.4 is 4.90 Å². The number of hydrogen-bond donors (Lipinski definition) is 0. The standard InChI is InChI=1S/C26H31N5OS/c1-29(2)23(32)18-30-14-16-31(17-15-30)25-24-20-10-6-7-11-21(20)33-26(24)28-22(27-25)13-12-19-8-4-3-5-9-19/h3-5,8-9,12-13H,6-7,10-11,14-18H2,1-2H3/b13-12+. The van der Waals surface area contributed by atoms with Gasteiger partial charge in [-0.2, -0.15) is 0 Å². The molecule has 5 rings (SSSR count). The Hall–Kier alpha value is -2.77. The Balaban J connectivity index is 1.45. The minimum atomic E-state index is 0.160. The number of anilines is 1. The summed E-state index contributed by atoms with van der Waals surface area (Å²) in [5, 5.41) is 1.27. The van der Waals surface area contributed by atoms with E-state index in [0.717, 1.165) is 61.1 Å². The Morgan fingerprint density at radius 3 is 2.55 bits per heavy atom. The number of piperazine rings is 1. The van der Waals surface area contributed by atoms with Crippen LogP contribution in [0.25, 0.3) is 22.4 Å². The number of nitrogens with zero attached hydrogens (tertiary/aromatic N) is 5. The van der Waals surface area contributed by atoms with Crippen LogP contribution in [0, 0.1) is 0 Å². The maximum Gasteiger partial charge on any atom is 0.236 e. The molecule has 0 atom stereocenters.